The van der Waals surface area contributed by atoms with Crippen LogP contribution in [0.1, 0.15) is 41.2 Å². The molecule has 30 heavy (non-hydrogen) atoms. The van der Waals surface area contributed by atoms with Gasteiger partial charge in [-0.2, -0.15) is 0 Å². The van der Waals surface area contributed by atoms with Crippen LogP contribution in [0.4, 0.5) is 5.69 Å². The van der Waals surface area contributed by atoms with Crippen LogP contribution in [0.5, 0.6) is 5.75 Å². The van der Waals surface area contributed by atoms with Gasteiger partial charge in [-0.05, 0) is 37.1 Å². The molecule has 8 heteroatoms. The molecule has 1 saturated heterocycles. The number of para-hydroxylation sites is 1. The minimum Gasteiger partial charge on any atom is -0.493 e. The molecule has 1 N–H and O–H groups in total. The maximum Gasteiger partial charge on any atom is 0.253 e. The van der Waals surface area contributed by atoms with E-state index in [9.17, 15) is 13.2 Å². The summed E-state index contributed by atoms with van der Waals surface area (Å²) in [7, 11) is -0.663. The summed E-state index contributed by atoms with van der Waals surface area (Å²) < 4.78 is 32.2. The Hall–Kier alpha value is -2.58. The van der Waals surface area contributed by atoms with Crippen molar-refractivity contribution in [2.24, 2.45) is 0 Å². The van der Waals surface area contributed by atoms with Crippen LogP contribution in [-0.2, 0) is 10.0 Å². The highest BCUT2D eigenvalue weighted by molar-refractivity contribution is 7.89. The molecule has 0 aliphatic carbocycles. The van der Waals surface area contributed by atoms with E-state index < -0.39 is 10.0 Å². The highest BCUT2D eigenvalue weighted by Gasteiger charge is 2.28. The second kappa shape index (κ2) is 8.28. The minimum absolute atomic E-state index is 0.118. The Labute approximate surface area is 177 Å². The highest BCUT2D eigenvalue weighted by atomic mass is 32.2. The zero-order valence-electron chi connectivity index (χ0n) is 17.3. The Morgan fingerprint density at radius 2 is 1.87 bits per heavy atom. The van der Waals surface area contributed by atoms with Crippen molar-refractivity contribution in [2.45, 2.75) is 30.2 Å². The number of carbonyl (C=O) groups excluding carboxylic acids is 1. The first-order valence-corrected chi connectivity index (χ1v) is 11.7. The molecule has 0 radical (unpaired) electrons. The average Bonchev–Trinajstić information content (AvgIpc) is 3.28. The third-order valence-corrected chi connectivity index (χ3v) is 7.51. The van der Waals surface area contributed by atoms with E-state index >= 15 is 0 Å². The number of nitrogens with one attached hydrogen (secondary N) is 1. The standard InChI is InChI=1S/C22H27N3O4S/c1-24(2)30(27,28)16-9-10-20(25-12-5-6-13-25)18(15-16)22(26)23-19-11-14-29-21-8-4-3-7-17(19)21/h3-4,7-10,15,19H,5-6,11-14H2,1-2H3,(H,23,26)/t19-/m0/s1. The van der Waals surface area contributed by atoms with E-state index in [4.69, 9.17) is 4.74 Å². The number of nitrogens with zero attached hydrogens (tertiary/aromatic N) is 2. The van der Waals surface area contributed by atoms with Crippen molar-refractivity contribution in [1.82, 2.24) is 9.62 Å². The van der Waals surface area contributed by atoms with Crippen molar-refractivity contribution in [3.8, 4) is 5.75 Å². The molecular weight excluding hydrogens is 402 g/mol. The van der Waals surface area contributed by atoms with Gasteiger partial charge in [0.05, 0.1) is 23.1 Å². The maximum absolute atomic E-state index is 13.4. The monoisotopic (exact) mass is 429 g/mol. The number of carbonyl (C=O) groups is 1. The number of hydrogen-bond acceptors (Lipinski definition) is 5. The summed E-state index contributed by atoms with van der Waals surface area (Å²) in [5.41, 5.74) is 2.11. The Balaban J connectivity index is 1.70. The summed E-state index contributed by atoms with van der Waals surface area (Å²) in [6.07, 6.45) is 2.79. The zero-order valence-corrected chi connectivity index (χ0v) is 18.1. The fourth-order valence-electron chi connectivity index (χ4n) is 4.03. The smallest absolute Gasteiger partial charge is 0.253 e. The van der Waals surface area contributed by atoms with Gasteiger partial charge in [0, 0.05) is 44.9 Å². The molecule has 0 spiro atoms. The van der Waals surface area contributed by atoms with Crippen LogP contribution in [0.3, 0.4) is 0 Å². The van der Waals surface area contributed by atoms with Gasteiger partial charge in [0.2, 0.25) is 10.0 Å². The summed E-state index contributed by atoms with van der Waals surface area (Å²) in [6, 6.07) is 12.3. The predicted molar refractivity (Wildman–Crippen MR) is 116 cm³/mol. The zero-order chi connectivity index (χ0) is 21.3. The van der Waals surface area contributed by atoms with Gasteiger partial charge in [-0.3, -0.25) is 4.79 Å². The molecule has 0 unspecified atom stereocenters. The van der Waals surface area contributed by atoms with E-state index in [1.807, 2.05) is 24.3 Å². The number of fused-ring (bicyclic) bond motifs is 1. The summed E-state index contributed by atoms with van der Waals surface area (Å²) in [5.74, 6) is 0.507. The molecule has 2 aromatic rings. The molecule has 2 heterocycles. The van der Waals surface area contributed by atoms with Gasteiger partial charge < -0.3 is 15.0 Å². The van der Waals surface area contributed by atoms with E-state index in [1.54, 1.807) is 12.1 Å². The van der Waals surface area contributed by atoms with Gasteiger partial charge in [0.1, 0.15) is 5.75 Å². The lowest BCUT2D eigenvalue weighted by molar-refractivity contribution is 0.0925. The van der Waals surface area contributed by atoms with Gasteiger partial charge >= 0.3 is 0 Å². The van der Waals surface area contributed by atoms with Gasteiger partial charge in [0.15, 0.2) is 0 Å². The van der Waals surface area contributed by atoms with Crippen molar-refractivity contribution >= 4 is 21.6 Å². The summed E-state index contributed by atoms with van der Waals surface area (Å²) >= 11 is 0. The fourth-order valence-corrected chi connectivity index (χ4v) is 4.96. The summed E-state index contributed by atoms with van der Waals surface area (Å²) in [6.45, 7) is 2.25. The van der Waals surface area contributed by atoms with Crippen molar-refractivity contribution in [1.29, 1.82) is 0 Å². The molecule has 2 aromatic carbocycles. The van der Waals surface area contributed by atoms with Gasteiger partial charge in [-0.1, -0.05) is 18.2 Å². The first-order valence-electron chi connectivity index (χ1n) is 10.2. The molecule has 1 amide bonds. The molecule has 0 aromatic heterocycles. The second-order valence-corrected chi connectivity index (χ2v) is 10.0. The molecule has 160 valence electrons. The van der Waals surface area contributed by atoms with Crippen LogP contribution in [0, 0.1) is 0 Å². The van der Waals surface area contributed by atoms with E-state index in [0.717, 1.165) is 47.2 Å². The first-order chi connectivity index (χ1) is 14.4. The summed E-state index contributed by atoms with van der Waals surface area (Å²) in [4.78, 5) is 15.6. The van der Waals surface area contributed by atoms with Crippen molar-refractivity contribution in [3.63, 3.8) is 0 Å². The van der Waals surface area contributed by atoms with Crippen molar-refractivity contribution < 1.29 is 17.9 Å². The molecule has 7 nitrogen and oxygen atoms in total. The molecule has 2 aliphatic rings. The van der Waals surface area contributed by atoms with E-state index in [1.165, 1.54) is 20.2 Å². The summed E-state index contributed by atoms with van der Waals surface area (Å²) in [5, 5.41) is 3.11. The average molecular weight is 430 g/mol. The number of ether oxygens (including phenoxy) is 1. The lowest BCUT2D eigenvalue weighted by Crippen LogP contribution is -2.34. The first kappa shape index (κ1) is 20.7. The largest absolute Gasteiger partial charge is 0.493 e. The molecule has 4 rings (SSSR count). The molecule has 1 atom stereocenters. The van der Waals surface area contributed by atoms with Crippen LogP contribution >= 0.6 is 0 Å². The maximum atomic E-state index is 13.4. The Morgan fingerprint density at radius 1 is 1.13 bits per heavy atom. The van der Waals surface area contributed by atoms with Crippen LogP contribution < -0.4 is 15.0 Å². The van der Waals surface area contributed by atoms with E-state index in [2.05, 4.69) is 10.2 Å². The Bertz CT molecular complexity index is 1050. The van der Waals surface area contributed by atoms with Crippen LogP contribution in [-0.4, -0.2) is 52.4 Å². The lowest BCUT2D eigenvalue weighted by atomic mass is 10.00. The fraction of sp³-hybridized carbons (Fsp3) is 0.409. The SMILES string of the molecule is CN(C)S(=O)(=O)c1ccc(N2CCCC2)c(C(=O)N[C@H]2CCOc3ccccc32)c1. The van der Waals surface area contributed by atoms with Gasteiger partial charge in [0.25, 0.3) is 5.91 Å². The lowest BCUT2D eigenvalue weighted by Gasteiger charge is -2.28. The number of anilines is 1. The number of benzene rings is 2. The van der Waals surface area contributed by atoms with Crippen LogP contribution in [0.15, 0.2) is 47.4 Å². The molecule has 0 bridgehead atoms. The quantitative estimate of drug-likeness (QED) is 0.791. The Kier molecular flexibility index (Phi) is 5.71. The molecule has 2 aliphatic heterocycles. The van der Waals surface area contributed by atoms with E-state index in [-0.39, 0.29) is 16.8 Å². The number of hydrogen-bond donors (Lipinski definition) is 1. The third-order valence-electron chi connectivity index (χ3n) is 5.70. The molecule has 0 saturated carbocycles. The topological polar surface area (TPSA) is 79.0 Å². The van der Waals surface area contributed by atoms with E-state index in [0.29, 0.717) is 18.6 Å². The van der Waals surface area contributed by atoms with Crippen LogP contribution in [0.25, 0.3) is 0 Å². The van der Waals surface area contributed by atoms with Crippen LogP contribution in [0.2, 0.25) is 0 Å². The highest BCUT2D eigenvalue weighted by Crippen LogP contribution is 2.33. The number of sulfonamides is 1. The predicted octanol–water partition coefficient (Wildman–Crippen LogP) is 2.79. The Morgan fingerprint density at radius 3 is 2.60 bits per heavy atom. The minimum atomic E-state index is -3.64. The van der Waals surface area contributed by atoms with Crippen molar-refractivity contribution in [2.75, 3.05) is 38.7 Å². The van der Waals surface area contributed by atoms with Gasteiger partial charge in [-0.25, -0.2) is 12.7 Å². The van der Waals surface area contributed by atoms with Gasteiger partial charge in [-0.15, -0.1) is 0 Å². The third kappa shape index (κ3) is 3.89. The van der Waals surface area contributed by atoms with Crippen molar-refractivity contribution in [3.05, 3.63) is 53.6 Å². The number of amides is 1. The molecule has 1 fully saturated rings. The second-order valence-electron chi connectivity index (χ2n) is 7.86. The normalized spacial score (nSPS) is 18.8. The molecular formula is C22H27N3O4S. The number of rotatable bonds is 5.